The first-order chi connectivity index (χ1) is 8.53. The molecule has 0 saturated heterocycles. The summed E-state index contributed by atoms with van der Waals surface area (Å²) in [7, 11) is 1.56. The second-order valence-corrected chi connectivity index (χ2v) is 4.71. The lowest BCUT2D eigenvalue weighted by Gasteiger charge is -2.16. The highest BCUT2D eigenvalue weighted by atomic mass is 35.5. The minimum Gasteiger partial charge on any atom is -0.495 e. The summed E-state index contributed by atoms with van der Waals surface area (Å²) in [5.41, 5.74) is 1.59. The van der Waals surface area contributed by atoms with Gasteiger partial charge in [-0.1, -0.05) is 25.4 Å². The second kappa shape index (κ2) is 6.64. The number of hydrogen-bond donors (Lipinski definition) is 1. The van der Waals surface area contributed by atoms with Gasteiger partial charge in [0.05, 0.1) is 12.8 Å². The summed E-state index contributed by atoms with van der Waals surface area (Å²) in [6.45, 7) is 5.92. The smallest absolute Gasteiger partial charge is 0.227 e. The quantitative estimate of drug-likeness (QED) is 0.876. The topological polar surface area (TPSA) is 38.3 Å². The van der Waals surface area contributed by atoms with Gasteiger partial charge in [-0.05, 0) is 31.4 Å². The van der Waals surface area contributed by atoms with Crippen molar-refractivity contribution in [2.75, 3.05) is 12.4 Å². The number of carbonyl (C=O) groups is 1. The number of hydrogen-bond acceptors (Lipinski definition) is 2. The Bertz CT molecular complexity index is 428. The second-order valence-electron chi connectivity index (χ2n) is 4.30. The fourth-order valence-corrected chi connectivity index (χ4v) is 1.98. The Morgan fingerprint density at radius 3 is 2.50 bits per heavy atom. The third-order valence-corrected chi connectivity index (χ3v) is 3.50. The third-order valence-electron chi connectivity index (χ3n) is 3.10. The first-order valence-corrected chi connectivity index (χ1v) is 6.56. The van der Waals surface area contributed by atoms with Crippen molar-refractivity contribution >= 4 is 23.2 Å². The number of nitrogens with one attached hydrogen (secondary N) is 1. The summed E-state index contributed by atoms with van der Waals surface area (Å²) in [6, 6.07) is 3.56. The standard InChI is InChI=1S/C14H20ClNO2/c1-5-10(6-2)14(17)16-12-7-9(3)11(15)8-13(12)18-4/h7-8,10H,5-6H2,1-4H3,(H,16,17). The molecule has 1 aromatic rings. The Hall–Kier alpha value is -1.22. The van der Waals surface area contributed by atoms with E-state index in [0.29, 0.717) is 16.5 Å². The molecule has 100 valence electrons. The van der Waals surface area contributed by atoms with Gasteiger partial charge in [0, 0.05) is 17.0 Å². The number of anilines is 1. The van der Waals surface area contributed by atoms with Crippen LogP contribution < -0.4 is 10.1 Å². The van der Waals surface area contributed by atoms with Gasteiger partial charge in [0.1, 0.15) is 5.75 Å². The van der Waals surface area contributed by atoms with Gasteiger partial charge < -0.3 is 10.1 Å². The van der Waals surface area contributed by atoms with Crippen molar-refractivity contribution < 1.29 is 9.53 Å². The van der Waals surface area contributed by atoms with Crippen LogP contribution in [0.4, 0.5) is 5.69 Å². The highest BCUT2D eigenvalue weighted by molar-refractivity contribution is 6.31. The van der Waals surface area contributed by atoms with E-state index in [4.69, 9.17) is 16.3 Å². The fourth-order valence-electron chi connectivity index (χ4n) is 1.82. The maximum Gasteiger partial charge on any atom is 0.227 e. The van der Waals surface area contributed by atoms with E-state index in [2.05, 4.69) is 5.32 Å². The number of halogens is 1. The molecule has 0 aliphatic heterocycles. The lowest BCUT2D eigenvalue weighted by Crippen LogP contribution is -2.22. The maximum atomic E-state index is 12.0. The minimum atomic E-state index is 0.0278. The Balaban J connectivity index is 2.96. The van der Waals surface area contributed by atoms with Crippen molar-refractivity contribution in [2.45, 2.75) is 33.6 Å². The number of rotatable bonds is 5. The highest BCUT2D eigenvalue weighted by Gasteiger charge is 2.16. The molecule has 0 aliphatic rings. The van der Waals surface area contributed by atoms with Crippen molar-refractivity contribution in [1.82, 2.24) is 0 Å². The molecule has 0 saturated carbocycles. The largest absolute Gasteiger partial charge is 0.495 e. The van der Waals surface area contributed by atoms with Gasteiger partial charge in [0.25, 0.3) is 0 Å². The molecule has 0 bridgehead atoms. The Labute approximate surface area is 113 Å². The molecule has 1 amide bonds. The SMILES string of the molecule is CCC(CC)C(=O)Nc1cc(C)c(Cl)cc1OC. The molecule has 0 radical (unpaired) electrons. The third kappa shape index (κ3) is 3.39. The van der Waals surface area contributed by atoms with Crippen LogP contribution in [0.3, 0.4) is 0 Å². The maximum absolute atomic E-state index is 12.0. The van der Waals surface area contributed by atoms with E-state index < -0.39 is 0 Å². The molecule has 0 atom stereocenters. The molecule has 4 heteroatoms. The monoisotopic (exact) mass is 269 g/mol. The van der Waals surface area contributed by atoms with Crippen LogP contribution in [0.5, 0.6) is 5.75 Å². The molecule has 0 heterocycles. The van der Waals surface area contributed by atoms with Gasteiger partial charge in [-0.15, -0.1) is 0 Å². The molecule has 0 aliphatic carbocycles. The van der Waals surface area contributed by atoms with Gasteiger partial charge in [-0.2, -0.15) is 0 Å². The number of ether oxygens (including phenoxy) is 1. The number of benzene rings is 1. The molecular weight excluding hydrogens is 250 g/mol. The van der Waals surface area contributed by atoms with Gasteiger partial charge in [0.2, 0.25) is 5.91 Å². The van der Waals surface area contributed by atoms with E-state index in [1.54, 1.807) is 13.2 Å². The summed E-state index contributed by atoms with van der Waals surface area (Å²) < 4.78 is 5.23. The lowest BCUT2D eigenvalue weighted by molar-refractivity contribution is -0.120. The van der Waals surface area contributed by atoms with E-state index in [1.165, 1.54) is 0 Å². The molecule has 0 unspecified atom stereocenters. The molecular formula is C14H20ClNO2. The van der Waals surface area contributed by atoms with Crippen molar-refractivity contribution in [1.29, 1.82) is 0 Å². The molecule has 0 fully saturated rings. The lowest BCUT2D eigenvalue weighted by atomic mass is 10.0. The predicted octanol–water partition coefficient (Wildman–Crippen LogP) is 4.03. The van der Waals surface area contributed by atoms with Gasteiger partial charge in [-0.25, -0.2) is 0 Å². The van der Waals surface area contributed by atoms with Crippen molar-refractivity contribution in [3.05, 3.63) is 22.7 Å². The van der Waals surface area contributed by atoms with Gasteiger partial charge in [0.15, 0.2) is 0 Å². The van der Waals surface area contributed by atoms with Crippen LogP contribution in [0.25, 0.3) is 0 Å². The van der Waals surface area contributed by atoms with Crippen molar-refractivity contribution in [2.24, 2.45) is 5.92 Å². The summed E-state index contributed by atoms with van der Waals surface area (Å²) in [6.07, 6.45) is 1.66. The van der Waals surface area contributed by atoms with Crippen LogP contribution in [-0.2, 0) is 4.79 Å². The number of methoxy groups -OCH3 is 1. The molecule has 1 N–H and O–H groups in total. The Morgan fingerprint density at radius 1 is 1.39 bits per heavy atom. The van der Waals surface area contributed by atoms with Crippen molar-refractivity contribution in [3.8, 4) is 5.75 Å². The fraction of sp³-hybridized carbons (Fsp3) is 0.500. The van der Waals surface area contributed by atoms with Gasteiger partial charge in [-0.3, -0.25) is 4.79 Å². The molecule has 1 aromatic carbocycles. The van der Waals surface area contributed by atoms with Crippen LogP contribution in [0, 0.1) is 12.8 Å². The van der Waals surface area contributed by atoms with E-state index in [-0.39, 0.29) is 11.8 Å². The summed E-state index contributed by atoms with van der Waals surface area (Å²) >= 11 is 6.03. The first-order valence-electron chi connectivity index (χ1n) is 6.18. The minimum absolute atomic E-state index is 0.0278. The zero-order valence-corrected chi connectivity index (χ0v) is 12.1. The Kier molecular flexibility index (Phi) is 5.48. The number of carbonyl (C=O) groups excluding carboxylic acids is 1. The Morgan fingerprint density at radius 2 is 2.00 bits per heavy atom. The normalized spacial score (nSPS) is 10.6. The zero-order chi connectivity index (χ0) is 13.7. The van der Waals surface area contributed by atoms with Gasteiger partial charge >= 0.3 is 0 Å². The van der Waals surface area contributed by atoms with E-state index in [9.17, 15) is 4.79 Å². The molecule has 3 nitrogen and oxygen atoms in total. The molecule has 0 aromatic heterocycles. The summed E-state index contributed by atoms with van der Waals surface area (Å²) in [4.78, 5) is 12.0. The van der Waals surface area contributed by atoms with E-state index >= 15 is 0 Å². The average Bonchev–Trinajstić information content (AvgIpc) is 2.35. The van der Waals surface area contributed by atoms with Crippen LogP contribution in [0.2, 0.25) is 5.02 Å². The van der Waals surface area contributed by atoms with Crippen LogP contribution in [-0.4, -0.2) is 13.0 Å². The highest BCUT2D eigenvalue weighted by Crippen LogP contribution is 2.31. The molecule has 18 heavy (non-hydrogen) atoms. The summed E-state index contributed by atoms with van der Waals surface area (Å²) in [5.74, 6) is 0.649. The number of aryl methyl sites for hydroxylation is 1. The molecule has 0 spiro atoms. The average molecular weight is 270 g/mol. The summed E-state index contributed by atoms with van der Waals surface area (Å²) in [5, 5.41) is 3.54. The number of amides is 1. The molecule has 1 rings (SSSR count). The van der Waals surface area contributed by atoms with Crippen LogP contribution in [0.15, 0.2) is 12.1 Å². The van der Waals surface area contributed by atoms with E-state index in [0.717, 1.165) is 18.4 Å². The van der Waals surface area contributed by atoms with Crippen LogP contribution >= 0.6 is 11.6 Å². The van der Waals surface area contributed by atoms with Crippen LogP contribution in [0.1, 0.15) is 32.3 Å². The van der Waals surface area contributed by atoms with E-state index in [1.807, 2.05) is 26.8 Å². The van der Waals surface area contributed by atoms with Crippen molar-refractivity contribution in [3.63, 3.8) is 0 Å². The first kappa shape index (κ1) is 14.8. The zero-order valence-electron chi connectivity index (χ0n) is 11.3. The predicted molar refractivity (Wildman–Crippen MR) is 75.4 cm³/mol.